The van der Waals surface area contributed by atoms with E-state index in [1.54, 1.807) is 0 Å². The van der Waals surface area contributed by atoms with E-state index in [-0.39, 0.29) is 11.8 Å². The van der Waals surface area contributed by atoms with Crippen molar-refractivity contribution in [3.05, 3.63) is 33.4 Å². The molecule has 1 N–H and O–H groups in total. The van der Waals surface area contributed by atoms with Crippen LogP contribution in [0.25, 0.3) is 0 Å². The van der Waals surface area contributed by atoms with Crippen LogP contribution in [0.5, 0.6) is 0 Å². The molecule has 0 aliphatic heterocycles. The van der Waals surface area contributed by atoms with Crippen molar-refractivity contribution >= 4 is 32.6 Å². The minimum absolute atomic E-state index is 0.0859. The van der Waals surface area contributed by atoms with Gasteiger partial charge in [-0.15, -0.1) is 0 Å². The van der Waals surface area contributed by atoms with Crippen LogP contribution in [0, 0.1) is 3.57 Å². The molecule has 0 spiro atoms. The highest BCUT2D eigenvalue weighted by molar-refractivity contribution is 14.1. The molecule has 1 aromatic rings. The molecule has 1 aromatic carbocycles. The maximum Gasteiger partial charge on any atom is 0.216 e. The molecule has 0 radical (unpaired) electrons. The van der Waals surface area contributed by atoms with Gasteiger partial charge in [0.05, 0.1) is 5.75 Å². The van der Waals surface area contributed by atoms with E-state index in [9.17, 15) is 8.42 Å². The first-order valence-corrected chi connectivity index (χ1v) is 7.53. The van der Waals surface area contributed by atoms with Gasteiger partial charge in [0.25, 0.3) is 0 Å². The molecule has 0 aromatic heterocycles. The zero-order chi connectivity index (χ0) is 10.9. The number of nitrogens with one attached hydrogen (secondary N) is 1. The van der Waals surface area contributed by atoms with Crippen molar-refractivity contribution in [2.45, 2.75) is 24.6 Å². The molecule has 1 fully saturated rings. The maximum atomic E-state index is 11.7. The first-order chi connectivity index (χ1) is 7.07. The lowest BCUT2D eigenvalue weighted by Crippen LogP contribution is -2.27. The molecule has 0 saturated heterocycles. The molecule has 82 valence electrons. The van der Waals surface area contributed by atoms with Crippen molar-refractivity contribution < 1.29 is 8.42 Å². The summed E-state index contributed by atoms with van der Waals surface area (Å²) in [7, 11) is -3.15. The Balaban J connectivity index is 2.10. The van der Waals surface area contributed by atoms with Crippen molar-refractivity contribution in [2.24, 2.45) is 0 Å². The van der Waals surface area contributed by atoms with Gasteiger partial charge in [-0.25, -0.2) is 13.1 Å². The summed E-state index contributed by atoms with van der Waals surface area (Å²) in [5.74, 6) is 0.0859. The molecule has 1 aliphatic rings. The third kappa shape index (κ3) is 3.42. The van der Waals surface area contributed by atoms with Gasteiger partial charge in [0.15, 0.2) is 0 Å². The van der Waals surface area contributed by atoms with E-state index in [1.807, 2.05) is 24.3 Å². The fraction of sp³-hybridized carbons (Fsp3) is 0.400. The topological polar surface area (TPSA) is 46.2 Å². The molecular formula is C10H12INO2S. The minimum Gasteiger partial charge on any atom is -0.212 e. The van der Waals surface area contributed by atoms with Crippen molar-refractivity contribution in [1.82, 2.24) is 4.72 Å². The molecule has 0 heterocycles. The Bertz CT molecular complexity index is 454. The third-order valence-corrected chi connectivity index (χ3v) is 4.66. The summed E-state index contributed by atoms with van der Waals surface area (Å²) in [5, 5.41) is 0. The normalized spacial score (nSPS) is 16.6. The lowest BCUT2D eigenvalue weighted by atomic mass is 10.2. The van der Waals surface area contributed by atoms with Gasteiger partial charge in [-0.05, 0) is 47.1 Å². The molecule has 0 bridgehead atoms. The number of hydrogen-bond donors (Lipinski definition) is 1. The Morgan fingerprint density at radius 1 is 1.33 bits per heavy atom. The Kier molecular flexibility index (Phi) is 3.32. The SMILES string of the molecule is O=S(=O)(Cc1ccccc1I)NC1CC1. The lowest BCUT2D eigenvalue weighted by molar-refractivity contribution is 0.580. The minimum atomic E-state index is -3.15. The Labute approximate surface area is 103 Å². The van der Waals surface area contributed by atoms with Crippen molar-refractivity contribution in [1.29, 1.82) is 0 Å². The van der Waals surface area contributed by atoms with Crippen LogP contribution in [0.2, 0.25) is 0 Å². The van der Waals surface area contributed by atoms with Gasteiger partial charge in [-0.3, -0.25) is 0 Å². The van der Waals surface area contributed by atoms with Gasteiger partial charge in [-0.2, -0.15) is 0 Å². The molecule has 0 unspecified atom stereocenters. The van der Waals surface area contributed by atoms with Crippen LogP contribution in [-0.4, -0.2) is 14.5 Å². The van der Waals surface area contributed by atoms with Gasteiger partial charge in [-0.1, -0.05) is 18.2 Å². The summed E-state index contributed by atoms with van der Waals surface area (Å²) in [6.45, 7) is 0. The van der Waals surface area contributed by atoms with Crippen LogP contribution in [0.1, 0.15) is 18.4 Å². The molecule has 3 nitrogen and oxygen atoms in total. The molecule has 0 atom stereocenters. The van der Waals surface area contributed by atoms with Crippen LogP contribution >= 0.6 is 22.6 Å². The summed E-state index contributed by atoms with van der Waals surface area (Å²) in [6, 6.07) is 7.74. The van der Waals surface area contributed by atoms with E-state index in [1.165, 1.54) is 0 Å². The summed E-state index contributed by atoms with van der Waals surface area (Å²) < 4.78 is 27.0. The van der Waals surface area contributed by atoms with Crippen molar-refractivity contribution in [3.63, 3.8) is 0 Å². The van der Waals surface area contributed by atoms with Crippen LogP contribution in [0.4, 0.5) is 0 Å². The molecule has 5 heteroatoms. The van der Waals surface area contributed by atoms with Crippen LogP contribution in [0.3, 0.4) is 0 Å². The zero-order valence-electron chi connectivity index (χ0n) is 8.11. The zero-order valence-corrected chi connectivity index (χ0v) is 11.1. The van der Waals surface area contributed by atoms with Crippen LogP contribution < -0.4 is 4.72 Å². The van der Waals surface area contributed by atoms with E-state index in [0.29, 0.717) is 0 Å². The lowest BCUT2D eigenvalue weighted by Gasteiger charge is -2.06. The van der Waals surface area contributed by atoms with E-state index >= 15 is 0 Å². The summed E-state index contributed by atoms with van der Waals surface area (Å²) in [5.41, 5.74) is 0.867. The average molecular weight is 337 g/mol. The monoisotopic (exact) mass is 337 g/mol. The second kappa shape index (κ2) is 4.39. The van der Waals surface area contributed by atoms with E-state index in [4.69, 9.17) is 0 Å². The summed E-state index contributed by atoms with van der Waals surface area (Å²) >= 11 is 2.16. The summed E-state index contributed by atoms with van der Waals surface area (Å²) in [6.07, 6.45) is 1.95. The molecule has 15 heavy (non-hydrogen) atoms. The van der Waals surface area contributed by atoms with Gasteiger partial charge in [0, 0.05) is 9.61 Å². The Morgan fingerprint density at radius 3 is 2.60 bits per heavy atom. The highest BCUT2D eigenvalue weighted by Crippen LogP contribution is 2.21. The first-order valence-electron chi connectivity index (χ1n) is 4.80. The first kappa shape index (κ1) is 11.3. The van der Waals surface area contributed by atoms with Gasteiger partial charge in [0.2, 0.25) is 10.0 Å². The number of benzene rings is 1. The molecule has 1 saturated carbocycles. The van der Waals surface area contributed by atoms with Gasteiger partial charge < -0.3 is 0 Å². The van der Waals surface area contributed by atoms with Crippen LogP contribution in [-0.2, 0) is 15.8 Å². The molecule has 1 aliphatic carbocycles. The van der Waals surface area contributed by atoms with Gasteiger partial charge >= 0.3 is 0 Å². The van der Waals surface area contributed by atoms with Crippen molar-refractivity contribution in [3.8, 4) is 0 Å². The Hall–Kier alpha value is -0.140. The molecule has 2 rings (SSSR count). The van der Waals surface area contributed by atoms with E-state index in [0.717, 1.165) is 22.0 Å². The number of sulfonamides is 1. The molecular weight excluding hydrogens is 325 g/mol. The number of halogens is 1. The van der Waals surface area contributed by atoms with Gasteiger partial charge in [0.1, 0.15) is 0 Å². The van der Waals surface area contributed by atoms with Crippen molar-refractivity contribution in [2.75, 3.05) is 0 Å². The Morgan fingerprint density at radius 2 is 2.00 bits per heavy atom. The standard InChI is InChI=1S/C10H12INO2S/c11-10-4-2-1-3-8(10)7-15(13,14)12-9-5-6-9/h1-4,9,12H,5-7H2. The maximum absolute atomic E-state index is 11.7. The fourth-order valence-electron chi connectivity index (χ4n) is 1.32. The largest absolute Gasteiger partial charge is 0.216 e. The molecule has 0 amide bonds. The summed E-state index contributed by atoms with van der Waals surface area (Å²) in [4.78, 5) is 0. The number of hydrogen-bond acceptors (Lipinski definition) is 2. The quantitative estimate of drug-likeness (QED) is 0.853. The predicted molar refractivity (Wildman–Crippen MR) is 67.9 cm³/mol. The van der Waals surface area contributed by atoms with E-state index in [2.05, 4.69) is 27.3 Å². The highest BCUT2D eigenvalue weighted by atomic mass is 127. The second-order valence-electron chi connectivity index (χ2n) is 3.74. The predicted octanol–water partition coefficient (Wildman–Crippen LogP) is 1.87. The second-order valence-corrected chi connectivity index (χ2v) is 6.66. The average Bonchev–Trinajstić information content (AvgIpc) is 2.91. The highest BCUT2D eigenvalue weighted by Gasteiger charge is 2.27. The number of rotatable bonds is 4. The third-order valence-electron chi connectivity index (χ3n) is 2.23. The smallest absolute Gasteiger partial charge is 0.212 e. The van der Waals surface area contributed by atoms with Crippen LogP contribution in [0.15, 0.2) is 24.3 Å². The fourth-order valence-corrected chi connectivity index (χ4v) is 3.64. The van der Waals surface area contributed by atoms with E-state index < -0.39 is 10.0 Å².